The third-order valence-electron chi connectivity index (χ3n) is 4.24. The van der Waals surface area contributed by atoms with Crippen LogP contribution in [0.4, 0.5) is 10.5 Å². The molecular weight excluding hydrogens is 284 g/mol. The standard InChI is InChI=1S/C16H22N2O4/c1-3-18(13-7-5-4-6-8-13)15(21)17-11-9-16(22-2,10-12-17)14(19)20/h4-8H,3,9-12H2,1-2H3,(H,19,20). The number of rotatable bonds is 4. The highest BCUT2D eigenvalue weighted by Crippen LogP contribution is 2.27. The number of benzene rings is 1. The van der Waals surface area contributed by atoms with Gasteiger partial charge >= 0.3 is 12.0 Å². The van der Waals surface area contributed by atoms with Crippen LogP contribution in [0.15, 0.2) is 30.3 Å². The molecule has 2 rings (SSSR count). The van der Waals surface area contributed by atoms with Crippen molar-refractivity contribution in [1.29, 1.82) is 0 Å². The number of hydrogen-bond donors (Lipinski definition) is 1. The summed E-state index contributed by atoms with van der Waals surface area (Å²) in [7, 11) is 1.41. The highest BCUT2D eigenvalue weighted by Gasteiger charge is 2.43. The topological polar surface area (TPSA) is 70.1 Å². The molecule has 1 aliphatic heterocycles. The molecule has 0 radical (unpaired) electrons. The molecule has 1 fully saturated rings. The molecule has 1 aromatic rings. The average molecular weight is 306 g/mol. The number of aliphatic carboxylic acids is 1. The van der Waals surface area contributed by atoms with E-state index in [9.17, 15) is 14.7 Å². The molecule has 120 valence electrons. The first kappa shape index (κ1) is 16.3. The Bertz CT molecular complexity index is 524. The number of para-hydroxylation sites is 1. The molecule has 22 heavy (non-hydrogen) atoms. The lowest BCUT2D eigenvalue weighted by atomic mass is 9.91. The van der Waals surface area contributed by atoms with Crippen LogP contribution in [0.1, 0.15) is 19.8 Å². The minimum Gasteiger partial charge on any atom is -0.479 e. The molecule has 0 unspecified atom stereocenters. The quantitative estimate of drug-likeness (QED) is 0.926. The van der Waals surface area contributed by atoms with Crippen molar-refractivity contribution < 1.29 is 19.4 Å². The van der Waals surface area contributed by atoms with Gasteiger partial charge in [0.1, 0.15) is 0 Å². The molecule has 2 amide bonds. The maximum atomic E-state index is 12.7. The summed E-state index contributed by atoms with van der Waals surface area (Å²) in [4.78, 5) is 27.4. The zero-order valence-electron chi connectivity index (χ0n) is 13.0. The summed E-state index contributed by atoms with van der Waals surface area (Å²) in [5.74, 6) is -0.961. The minimum atomic E-state index is -1.17. The summed E-state index contributed by atoms with van der Waals surface area (Å²) < 4.78 is 5.19. The van der Waals surface area contributed by atoms with Crippen LogP contribution in [0, 0.1) is 0 Å². The molecule has 0 spiro atoms. The lowest BCUT2D eigenvalue weighted by Gasteiger charge is -2.39. The van der Waals surface area contributed by atoms with Crippen molar-refractivity contribution in [3.63, 3.8) is 0 Å². The molecule has 0 atom stereocenters. The summed E-state index contributed by atoms with van der Waals surface area (Å²) in [5.41, 5.74) is -0.322. The fraction of sp³-hybridized carbons (Fsp3) is 0.500. The maximum absolute atomic E-state index is 12.7. The largest absolute Gasteiger partial charge is 0.479 e. The van der Waals surface area contributed by atoms with E-state index in [2.05, 4.69) is 0 Å². The number of amides is 2. The molecule has 1 aromatic carbocycles. The molecular formula is C16H22N2O4. The van der Waals surface area contributed by atoms with Crippen LogP contribution in [-0.2, 0) is 9.53 Å². The number of hydrogen-bond acceptors (Lipinski definition) is 3. The number of piperidine rings is 1. The third kappa shape index (κ3) is 3.06. The Morgan fingerprint density at radius 1 is 1.27 bits per heavy atom. The van der Waals surface area contributed by atoms with E-state index >= 15 is 0 Å². The van der Waals surface area contributed by atoms with Gasteiger partial charge in [-0.3, -0.25) is 4.90 Å². The Labute approximate surface area is 130 Å². The van der Waals surface area contributed by atoms with Gasteiger partial charge in [0, 0.05) is 45.3 Å². The predicted octanol–water partition coefficient (Wildman–Crippen LogP) is 2.20. The van der Waals surface area contributed by atoms with Crippen LogP contribution in [0.25, 0.3) is 0 Å². The van der Waals surface area contributed by atoms with Gasteiger partial charge in [0.2, 0.25) is 0 Å². The SMILES string of the molecule is CCN(C(=O)N1CCC(OC)(C(=O)O)CC1)c1ccccc1. The molecule has 0 aromatic heterocycles. The number of methoxy groups -OCH3 is 1. The second-order valence-electron chi connectivity index (χ2n) is 5.35. The van der Waals surface area contributed by atoms with Crippen molar-refractivity contribution in [1.82, 2.24) is 4.90 Å². The van der Waals surface area contributed by atoms with Gasteiger partial charge in [-0.2, -0.15) is 0 Å². The number of carboxylic acids is 1. The van der Waals surface area contributed by atoms with Gasteiger partial charge in [-0.15, -0.1) is 0 Å². The van der Waals surface area contributed by atoms with Gasteiger partial charge in [-0.25, -0.2) is 9.59 Å². The summed E-state index contributed by atoms with van der Waals surface area (Å²) in [6, 6.07) is 9.37. The predicted molar refractivity (Wildman–Crippen MR) is 83.0 cm³/mol. The fourth-order valence-corrected chi connectivity index (χ4v) is 2.77. The molecule has 1 N–H and O–H groups in total. The van der Waals surface area contributed by atoms with Gasteiger partial charge in [-0.1, -0.05) is 18.2 Å². The Hall–Kier alpha value is -2.08. The van der Waals surface area contributed by atoms with Crippen molar-refractivity contribution in [3.05, 3.63) is 30.3 Å². The minimum absolute atomic E-state index is 0.0937. The Morgan fingerprint density at radius 3 is 2.32 bits per heavy atom. The second kappa shape index (κ2) is 6.79. The lowest BCUT2D eigenvalue weighted by Crippen LogP contribution is -2.54. The first-order valence-corrected chi connectivity index (χ1v) is 7.44. The third-order valence-corrected chi connectivity index (χ3v) is 4.24. The first-order valence-electron chi connectivity index (χ1n) is 7.44. The Morgan fingerprint density at radius 2 is 1.86 bits per heavy atom. The number of anilines is 1. The van der Waals surface area contributed by atoms with E-state index in [1.54, 1.807) is 9.80 Å². The lowest BCUT2D eigenvalue weighted by molar-refractivity contribution is -0.167. The van der Waals surface area contributed by atoms with Gasteiger partial charge in [-0.05, 0) is 19.1 Å². The summed E-state index contributed by atoms with van der Waals surface area (Å²) in [6.45, 7) is 3.24. The number of likely N-dealkylation sites (tertiary alicyclic amines) is 1. The normalized spacial score (nSPS) is 17.1. The van der Waals surface area contributed by atoms with Crippen molar-refractivity contribution in [2.45, 2.75) is 25.4 Å². The monoisotopic (exact) mass is 306 g/mol. The molecule has 1 saturated heterocycles. The van der Waals surface area contributed by atoms with Crippen LogP contribution in [-0.4, -0.2) is 54.4 Å². The average Bonchev–Trinajstić information content (AvgIpc) is 2.56. The number of carboxylic acid groups (broad SMARTS) is 1. The Balaban J connectivity index is 2.07. The van der Waals surface area contributed by atoms with E-state index < -0.39 is 11.6 Å². The van der Waals surface area contributed by atoms with Gasteiger partial charge in [0.15, 0.2) is 5.60 Å². The van der Waals surface area contributed by atoms with E-state index in [0.717, 1.165) is 5.69 Å². The second-order valence-corrected chi connectivity index (χ2v) is 5.35. The molecule has 6 nitrogen and oxygen atoms in total. The maximum Gasteiger partial charge on any atom is 0.336 e. The molecule has 6 heteroatoms. The Kier molecular flexibility index (Phi) is 5.03. The molecule has 1 aliphatic rings. The van der Waals surface area contributed by atoms with E-state index in [4.69, 9.17) is 4.74 Å². The van der Waals surface area contributed by atoms with Crippen molar-refractivity contribution in [2.24, 2.45) is 0 Å². The van der Waals surface area contributed by atoms with E-state index in [0.29, 0.717) is 32.5 Å². The van der Waals surface area contributed by atoms with Crippen LogP contribution in [0.5, 0.6) is 0 Å². The van der Waals surface area contributed by atoms with Crippen LogP contribution in [0.3, 0.4) is 0 Å². The van der Waals surface area contributed by atoms with Gasteiger partial charge < -0.3 is 14.7 Å². The molecule has 1 heterocycles. The zero-order chi connectivity index (χ0) is 16.2. The number of carbonyl (C=O) groups is 2. The number of nitrogens with zero attached hydrogens (tertiary/aromatic N) is 2. The summed E-state index contributed by atoms with van der Waals surface area (Å²) in [6.07, 6.45) is 0.605. The van der Waals surface area contributed by atoms with E-state index in [1.807, 2.05) is 37.3 Å². The van der Waals surface area contributed by atoms with Crippen molar-refractivity contribution in [3.8, 4) is 0 Å². The smallest absolute Gasteiger partial charge is 0.336 e. The van der Waals surface area contributed by atoms with Crippen LogP contribution >= 0.6 is 0 Å². The van der Waals surface area contributed by atoms with Crippen LogP contribution in [0.2, 0.25) is 0 Å². The van der Waals surface area contributed by atoms with Crippen molar-refractivity contribution >= 4 is 17.7 Å². The summed E-state index contributed by atoms with van der Waals surface area (Å²) >= 11 is 0. The zero-order valence-corrected chi connectivity index (χ0v) is 13.0. The van der Waals surface area contributed by atoms with Gasteiger partial charge in [0.25, 0.3) is 0 Å². The first-order chi connectivity index (χ1) is 10.5. The number of urea groups is 1. The highest BCUT2D eigenvalue weighted by atomic mass is 16.5. The molecule has 0 saturated carbocycles. The van der Waals surface area contributed by atoms with E-state index in [-0.39, 0.29) is 6.03 Å². The van der Waals surface area contributed by atoms with Crippen molar-refractivity contribution in [2.75, 3.05) is 31.6 Å². The summed E-state index contributed by atoms with van der Waals surface area (Å²) in [5, 5.41) is 9.31. The highest BCUT2D eigenvalue weighted by molar-refractivity contribution is 5.92. The van der Waals surface area contributed by atoms with Gasteiger partial charge in [0.05, 0.1) is 0 Å². The fourth-order valence-electron chi connectivity index (χ4n) is 2.77. The molecule has 0 bridgehead atoms. The van der Waals surface area contributed by atoms with E-state index in [1.165, 1.54) is 7.11 Å². The number of carbonyl (C=O) groups excluding carboxylic acids is 1. The molecule has 0 aliphatic carbocycles. The van der Waals surface area contributed by atoms with Crippen LogP contribution < -0.4 is 4.90 Å². The number of ether oxygens (including phenoxy) is 1.